The Morgan fingerprint density at radius 1 is 1.23 bits per heavy atom. The van der Waals surface area contributed by atoms with Gasteiger partial charge in [-0.15, -0.1) is 11.3 Å². The Hall–Kier alpha value is -2.20. The normalized spacial score (nSPS) is 20.0. The maximum atomic E-state index is 12.0. The van der Waals surface area contributed by atoms with Gasteiger partial charge in [-0.1, -0.05) is 43.3 Å². The van der Waals surface area contributed by atoms with Gasteiger partial charge in [0.25, 0.3) is 0 Å². The molecule has 110 valence electrons. The van der Waals surface area contributed by atoms with Crippen LogP contribution < -0.4 is 5.32 Å². The summed E-state index contributed by atoms with van der Waals surface area (Å²) >= 11 is 1.48. The summed E-state index contributed by atoms with van der Waals surface area (Å²) in [5.74, 6) is 0.792. The van der Waals surface area contributed by atoms with E-state index in [1.807, 2.05) is 17.5 Å². The third kappa shape index (κ3) is 2.50. The molecule has 2 aromatic carbocycles. The molecule has 1 N–H and O–H groups in total. The van der Waals surface area contributed by atoms with Crippen molar-refractivity contribution in [2.45, 2.75) is 13.3 Å². The number of nitrogens with one attached hydrogen (secondary N) is 1. The monoisotopic (exact) mass is 308 g/mol. The molecule has 0 bridgehead atoms. The fraction of sp³-hybridized carbons (Fsp3) is 0.222. The molecule has 0 aliphatic heterocycles. The SMILES string of the molecule is CC1CC1C(=O)Nc1nc(-c2ccc3ccccc3c2)cs1. The van der Waals surface area contributed by atoms with Gasteiger partial charge in [-0.3, -0.25) is 4.79 Å². The van der Waals surface area contributed by atoms with Crippen molar-refractivity contribution in [3.8, 4) is 11.3 Å². The molecule has 0 saturated heterocycles. The number of aromatic nitrogens is 1. The summed E-state index contributed by atoms with van der Waals surface area (Å²) in [6.07, 6.45) is 0.995. The highest BCUT2D eigenvalue weighted by molar-refractivity contribution is 7.14. The minimum atomic E-state index is 0.104. The fourth-order valence-electron chi connectivity index (χ4n) is 2.70. The van der Waals surface area contributed by atoms with E-state index < -0.39 is 0 Å². The topological polar surface area (TPSA) is 42.0 Å². The Balaban J connectivity index is 1.58. The lowest BCUT2D eigenvalue weighted by Crippen LogP contribution is -2.14. The number of rotatable bonds is 3. The van der Waals surface area contributed by atoms with Crippen molar-refractivity contribution >= 4 is 33.1 Å². The van der Waals surface area contributed by atoms with Gasteiger partial charge in [0.2, 0.25) is 5.91 Å². The maximum absolute atomic E-state index is 12.0. The second kappa shape index (κ2) is 5.21. The Labute approximate surface area is 133 Å². The molecule has 22 heavy (non-hydrogen) atoms. The zero-order valence-electron chi connectivity index (χ0n) is 12.2. The predicted molar refractivity (Wildman–Crippen MR) is 91.0 cm³/mol. The van der Waals surface area contributed by atoms with Crippen LogP contribution in [-0.2, 0) is 4.79 Å². The average Bonchev–Trinajstić information content (AvgIpc) is 3.09. The van der Waals surface area contributed by atoms with Crippen molar-refractivity contribution in [3.63, 3.8) is 0 Å². The van der Waals surface area contributed by atoms with E-state index >= 15 is 0 Å². The molecule has 2 atom stereocenters. The van der Waals surface area contributed by atoms with Crippen molar-refractivity contribution in [2.75, 3.05) is 5.32 Å². The highest BCUT2D eigenvalue weighted by Gasteiger charge is 2.39. The molecular formula is C18H16N2OS. The van der Waals surface area contributed by atoms with E-state index in [0.29, 0.717) is 11.0 Å². The number of thiazole rings is 1. The first-order valence-corrected chi connectivity index (χ1v) is 8.34. The summed E-state index contributed by atoms with van der Waals surface area (Å²) in [6, 6.07) is 14.6. The first-order valence-electron chi connectivity index (χ1n) is 7.46. The number of fused-ring (bicyclic) bond motifs is 1. The van der Waals surface area contributed by atoms with E-state index in [1.165, 1.54) is 22.1 Å². The van der Waals surface area contributed by atoms with Gasteiger partial charge in [0.05, 0.1) is 5.69 Å². The van der Waals surface area contributed by atoms with Gasteiger partial charge >= 0.3 is 0 Å². The van der Waals surface area contributed by atoms with Gasteiger partial charge in [0.1, 0.15) is 0 Å². The molecule has 0 spiro atoms. The summed E-state index contributed by atoms with van der Waals surface area (Å²) in [5.41, 5.74) is 1.99. The highest BCUT2D eigenvalue weighted by atomic mass is 32.1. The van der Waals surface area contributed by atoms with E-state index in [1.54, 1.807) is 0 Å². The van der Waals surface area contributed by atoms with Crippen molar-refractivity contribution in [1.29, 1.82) is 0 Å². The molecule has 1 amide bonds. The quantitative estimate of drug-likeness (QED) is 0.771. The first-order chi connectivity index (χ1) is 10.7. The zero-order valence-corrected chi connectivity index (χ0v) is 13.1. The lowest BCUT2D eigenvalue weighted by atomic mass is 10.1. The Morgan fingerprint density at radius 2 is 2.00 bits per heavy atom. The molecule has 1 aliphatic rings. The summed E-state index contributed by atoms with van der Waals surface area (Å²) in [6.45, 7) is 2.10. The second-order valence-electron chi connectivity index (χ2n) is 5.91. The number of carbonyl (C=O) groups excluding carboxylic acids is 1. The van der Waals surface area contributed by atoms with Crippen molar-refractivity contribution in [3.05, 3.63) is 47.8 Å². The number of benzene rings is 2. The molecule has 1 aromatic heterocycles. The molecule has 3 aromatic rings. The molecule has 1 heterocycles. The number of carbonyl (C=O) groups is 1. The lowest BCUT2D eigenvalue weighted by molar-refractivity contribution is -0.117. The van der Waals surface area contributed by atoms with E-state index in [9.17, 15) is 4.79 Å². The molecule has 1 aliphatic carbocycles. The van der Waals surface area contributed by atoms with Crippen LogP contribution in [0.3, 0.4) is 0 Å². The number of nitrogens with zero attached hydrogens (tertiary/aromatic N) is 1. The van der Waals surface area contributed by atoms with Crippen LogP contribution in [0.25, 0.3) is 22.0 Å². The van der Waals surface area contributed by atoms with Gasteiger partial charge in [-0.25, -0.2) is 4.98 Å². The van der Waals surface area contributed by atoms with Gasteiger partial charge in [-0.05, 0) is 29.2 Å². The minimum absolute atomic E-state index is 0.104. The van der Waals surface area contributed by atoms with Gasteiger partial charge in [0, 0.05) is 16.9 Å². The minimum Gasteiger partial charge on any atom is -0.302 e. The summed E-state index contributed by atoms with van der Waals surface area (Å²) < 4.78 is 0. The number of anilines is 1. The molecule has 2 unspecified atom stereocenters. The second-order valence-corrected chi connectivity index (χ2v) is 6.77. The van der Waals surface area contributed by atoms with Crippen LogP contribution in [0.15, 0.2) is 47.8 Å². The Morgan fingerprint density at radius 3 is 2.77 bits per heavy atom. The predicted octanol–water partition coefficient (Wildman–Crippen LogP) is 4.56. The molecule has 0 radical (unpaired) electrons. The van der Waals surface area contributed by atoms with Crippen LogP contribution in [0.1, 0.15) is 13.3 Å². The van der Waals surface area contributed by atoms with Gasteiger partial charge in [0.15, 0.2) is 5.13 Å². The third-order valence-corrected chi connectivity index (χ3v) is 4.98. The highest BCUT2D eigenvalue weighted by Crippen LogP contribution is 2.39. The average molecular weight is 308 g/mol. The van der Waals surface area contributed by atoms with Crippen molar-refractivity contribution in [2.24, 2.45) is 11.8 Å². The van der Waals surface area contributed by atoms with Crippen LogP contribution in [0.4, 0.5) is 5.13 Å². The van der Waals surface area contributed by atoms with E-state index in [0.717, 1.165) is 17.7 Å². The number of amides is 1. The molecule has 1 fully saturated rings. The maximum Gasteiger partial charge on any atom is 0.229 e. The van der Waals surface area contributed by atoms with Crippen LogP contribution in [-0.4, -0.2) is 10.9 Å². The van der Waals surface area contributed by atoms with Crippen molar-refractivity contribution in [1.82, 2.24) is 4.98 Å². The van der Waals surface area contributed by atoms with Crippen LogP contribution in [0.2, 0.25) is 0 Å². The van der Waals surface area contributed by atoms with Gasteiger partial charge in [-0.2, -0.15) is 0 Å². The summed E-state index contributed by atoms with van der Waals surface area (Å²) in [4.78, 5) is 16.5. The van der Waals surface area contributed by atoms with Gasteiger partial charge < -0.3 is 5.32 Å². The molecule has 3 nitrogen and oxygen atoms in total. The van der Waals surface area contributed by atoms with Crippen LogP contribution in [0, 0.1) is 11.8 Å². The fourth-order valence-corrected chi connectivity index (χ4v) is 3.42. The van der Waals surface area contributed by atoms with E-state index in [2.05, 4.69) is 47.6 Å². The zero-order chi connectivity index (χ0) is 15.1. The Bertz CT molecular complexity index is 855. The van der Waals surface area contributed by atoms with Crippen molar-refractivity contribution < 1.29 is 4.79 Å². The van der Waals surface area contributed by atoms with E-state index in [4.69, 9.17) is 0 Å². The number of hydrogen-bond donors (Lipinski definition) is 1. The largest absolute Gasteiger partial charge is 0.302 e. The molecule has 1 saturated carbocycles. The summed E-state index contributed by atoms with van der Waals surface area (Å²) in [5, 5.41) is 8.03. The molecular weight excluding hydrogens is 292 g/mol. The standard InChI is InChI=1S/C18H16N2OS/c1-11-8-15(11)17(21)20-18-19-16(10-22-18)14-7-6-12-4-2-3-5-13(12)9-14/h2-7,9-11,15H,8H2,1H3,(H,19,20,21). The first kappa shape index (κ1) is 13.5. The lowest BCUT2D eigenvalue weighted by Gasteiger charge is -2.01. The molecule has 4 heteroatoms. The summed E-state index contributed by atoms with van der Waals surface area (Å²) in [7, 11) is 0. The number of hydrogen-bond acceptors (Lipinski definition) is 3. The van der Waals surface area contributed by atoms with E-state index in [-0.39, 0.29) is 11.8 Å². The van der Waals surface area contributed by atoms with Crippen LogP contribution in [0.5, 0.6) is 0 Å². The third-order valence-electron chi connectivity index (χ3n) is 4.23. The van der Waals surface area contributed by atoms with Crippen LogP contribution >= 0.6 is 11.3 Å². The molecule has 4 rings (SSSR count). The smallest absolute Gasteiger partial charge is 0.229 e. The Kier molecular flexibility index (Phi) is 3.19.